The Morgan fingerprint density at radius 1 is 1.18 bits per heavy atom. The molecule has 1 amide bonds. The number of carbonyl (C=O) groups excluding carboxylic acids is 2. The van der Waals surface area contributed by atoms with E-state index in [1.165, 1.54) is 41.3 Å². The van der Waals surface area contributed by atoms with E-state index >= 15 is 0 Å². The zero-order valence-electron chi connectivity index (χ0n) is 15.0. The van der Waals surface area contributed by atoms with Crippen LogP contribution < -0.4 is 0 Å². The molecule has 0 spiro atoms. The van der Waals surface area contributed by atoms with Crippen molar-refractivity contribution in [1.82, 2.24) is 4.90 Å². The second-order valence-corrected chi connectivity index (χ2v) is 6.39. The second kappa shape index (κ2) is 7.51. The first-order valence-electron chi connectivity index (χ1n) is 8.67. The molecular weight excluding hydrogens is 364 g/mol. The van der Waals surface area contributed by atoms with Crippen LogP contribution >= 0.6 is 0 Å². The highest BCUT2D eigenvalue weighted by molar-refractivity contribution is 6.46. The molecule has 8 heteroatoms. The van der Waals surface area contributed by atoms with Crippen molar-refractivity contribution in [3.63, 3.8) is 0 Å². The van der Waals surface area contributed by atoms with Gasteiger partial charge < -0.3 is 15.1 Å². The largest absolute Gasteiger partial charge is 0.508 e. The lowest BCUT2D eigenvalue weighted by molar-refractivity contribution is -0.384. The number of phenolic OH excluding ortho intramolecular Hbond substituents is 1. The molecule has 8 nitrogen and oxygen atoms in total. The number of rotatable bonds is 5. The Hall–Kier alpha value is -3.68. The van der Waals surface area contributed by atoms with E-state index in [1.54, 1.807) is 12.1 Å². The van der Waals surface area contributed by atoms with Crippen molar-refractivity contribution in [2.24, 2.45) is 0 Å². The number of aliphatic hydroxyl groups excluding tert-OH is 1. The third-order valence-corrected chi connectivity index (χ3v) is 4.54. The summed E-state index contributed by atoms with van der Waals surface area (Å²) in [7, 11) is 0. The van der Waals surface area contributed by atoms with Crippen LogP contribution in [-0.4, -0.2) is 38.3 Å². The Kier molecular flexibility index (Phi) is 5.12. The lowest BCUT2D eigenvalue weighted by Gasteiger charge is -2.24. The topological polar surface area (TPSA) is 121 Å². The minimum atomic E-state index is -0.859. The number of nitrogens with zero attached hydrogens (tertiary/aromatic N) is 2. The van der Waals surface area contributed by atoms with Crippen LogP contribution in [0, 0.1) is 10.1 Å². The lowest BCUT2D eigenvalue weighted by atomic mass is 9.95. The molecule has 1 unspecified atom stereocenters. The second-order valence-electron chi connectivity index (χ2n) is 6.39. The van der Waals surface area contributed by atoms with E-state index in [4.69, 9.17) is 0 Å². The van der Waals surface area contributed by atoms with Crippen molar-refractivity contribution < 1.29 is 24.7 Å². The fraction of sp³-hybridized carbons (Fsp3) is 0.200. The zero-order valence-corrected chi connectivity index (χ0v) is 15.0. The number of non-ortho nitro benzene ring substituents is 1. The Bertz CT molecular complexity index is 980. The molecule has 144 valence electrons. The number of nitro groups is 1. The number of ketones is 1. The van der Waals surface area contributed by atoms with Crippen LogP contribution in [0.4, 0.5) is 5.69 Å². The Morgan fingerprint density at radius 3 is 2.43 bits per heavy atom. The minimum absolute atomic E-state index is 0.0325. The van der Waals surface area contributed by atoms with Crippen LogP contribution in [0.1, 0.15) is 30.5 Å². The summed E-state index contributed by atoms with van der Waals surface area (Å²) in [5.41, 5.74) is 0.395. The lowest BCUT2D eigenvalue weighted by Crippen LogP contribution is -2.30. The summed E-state index contributed by atoms with van der Waals surface area (Å²) in [6, 6.07) is 10.3. The van der Waals surface area contributed by atoms with Gasteiger partial charge in [-0.05, 0) is 36.2 Å². The number of nitro benzene ring substituents is 1. The van der Waals surface area contributed by atoms with Crippen LogP contribution in [0.25, 0.3) is 5.76 Å². The van der Waals surface area contributed by atoms with E-state index in [-0.39, 0.29) is 22.6 Å². The number of Topliss-reactive ketones (excluding diaryl/α,β-unsaturated/α-hetero) is 1. The molecule has 1 atom stereocenters. The maximum absolute atomic E-state index is 12.7. The average Bonchev–Trinajstić information content (AvgIpc) is 2.93. The van der Waals surface area contributed by atoms with Crippen molar-refractivity contribution in [2.75, 3.05) is 6.54 Å². The van der Waals surface area contributed by atoms with Crippen molar-refractivity contribution >= 4 is 23.1 Å². The number of aliphatic hydroxyl groups is 1. The number of amides is 1. The summed E-state index contributed by atoms with van der Waals surface area (Å²) in [4.78, 5) is 36.8. The Balaban J connectivity index is 2.16. The molecule has 0 bridgehead atoms. The maximum Gasteiger partial charge on any atom is 0.295 e. The van der Waals surface area contributed by atoms with Gasteiger partial charge in [-0.15, -0.1) is 0 Å². The van der Waals surface area contributed by atoms with Crippen LogP contribution in [0.5, 0.6) is 5.75 Å². The van der Waals surface area contributed by atoms with Crippen LogP contribution in [0.2, 0.25) is 0 Å². The van der Waals surface area contributed by atoms with Gasteiger partial charge in [-0.1, -0.05) is 19.1 Å². The summed E-state index contributed by atoms with van der Waals surface area (Å²) in [5.74, 6) is -2.02. The molecule has 1 aliphatic heterocycles. The normalized spacial score (nSPS) is 18.5. The van der Waals surface area contributed by atoms with Gasteiger partial charge in [-0.2, -0.15) is 0 Å². The maximum atomic E-state index is 12.7. The van der Waals surface area contributed by atoms with Gasteiger partial charge >= 0.3 is 0 Å². The summed E-state index contributed by atoms with van der Waals surface area (Å²) in [6.07, 6.45) is 0.597. The van der Waals surface area contributed by atoms with E-state index < -0.39 is 28.4 Å². The first kappa shape index (κ1) is 19.1. The minimum Gasteiger partial charge on any atom is -0.508 e. The summed E-state index contributed by atoms with van der Waals surface area (Å²) in [6.45, 7) is 2.15. The molecule has 2 N–H and O–H groups in total. The Morgan fingerprint density at radius 2 is 1.86 bits per heavy atom. The van der Waals surface area contributed by atoms with Crippen molar-refractivity contribution in [3.8, 4) is 5.75 Å². The summed E-state index contributed by atoms with van der Waals surface area (Å²) in [5, 5.41) is 31.4. The van der Waals surface area contributed by atoms with Gasteiger partial charge in [-0.3, -0.25) is 19.7 Å². The number of phenols is 1. The molecule has 1 aliphatic rings. The van der Waals surface area contributed by atoms with Crippen LogP contribution in [0.15, 0.2) is 54.1 Å². The quantitative estimate of drug-likeness (QED) is 0.269. The van der Waals surface area contributed by atoms with Gasteiger partial charge in [0.05, 0.1) is 16.5 Å². The van der Waals surface area contributed by atoms with E-state index in [2.05, 4.69) is 0 Å². The smallest absolute Gasteiger partial charge is 0.295 e. The molecule has 3 rings (SSSR count). The van der Waals surface area contributed by atoms with Gasteiger partial charge in [0.15, 0.2) is 0 Å². The number of aromatic hydroxyl groups is 1. The first-order valence-corrected chi connectivity index (χ1v) is 8.67. The van der Waals surface area contributed by atoms with Crippen molar-refractivity contribution in [3.05, 3.63) is 75.3 Å². The molecule has 0 saturated carbocycles. The van der Waals surface area contributed by atoms with Gasteiger partial charge in [0.1, 0.15) is 11.5 Å². The number of likely N-dealkylation sites (tertiary alicyclic amines) is 1. The van der Waals surface area contributed by atoms with Crippen molar-refractivity contribution in [2.45, 2.75) is 19.4 Å². The third-order valence-electron chi connectivity index (χ3n) is 4.54. The van der Waals surface area contributed by atoms with Gasteiger partial charge in [0, 0.05) is 24.2 Å². The van der Waals surface area contributed by atoms with Crippen LogP contribution in [0.3, 0.4) is 0 Å². The predicted molar refractivity (Wildman–Crippen MR) is 101 cm³/mol. The molecular formula is C20H18N2O6. The zero-order chi connectivity index (χ0) is 20.4. The Labute approximate surface area is 160 Å². The fourth-order valence-electron chi connectivity index (χ4n) is 3.29. The number of hydrogen-bond donors (Lipinski definition) is 2. The molecule has 0 aliphatic carbocycles. The molecule has 1 saturated heterocycles. The van der Waals surface area contributed by atoms with Gasteiger partial charge in [0.2, 0.25) is 0 Å². The average molecular weight is 382 g/mol. The molecule has 2 aromatic carbocycles. The number of hydrogen-bond acceptors (Lipinski definition) is 6. The highest BCUT2D eigenvalue weighted by atomic mass is 16.6. The SMILES string of the molecule is CCCN1C(=O)C(=O)/C(=C(\O)c2ccc([N+](=O)[O-])cc2)C1c1cccc(O)c1. The predicted octanol–water partition coefficient (Wildman–Crippen LogP) is 3.13. The molecule has 1 fully saturated rings. The monoisotopic (exact) mass is 382 g/mol. The first-order chi connectivity index (χ1) is 13.3. The summed E-state index contributed by atoms with van der Waals surface area (Å²) >= 11 is 0. The molecule has 1 heterocycles. The number of carbonyl (C=O) groups is 2. The van der Waals surface area contributed by atoms with Crippen molar-refractivity contribution in [1.29, 1.82) is 0 Å². The van der Waals surface area contributed by atoms with Crippen LogP contribution in [-0.2, 0) is 9.59 Å². The molecule has 0 aromatic heterocycles. The van der Waals surface area contributed by atoms with E-state index in [1.807, 2.05) is 6.92 Å². The fourth-order valence-corrected chi connectivity index (χ4v) is 3.29. The van der Waals surface area contributed by atoms with E-state index in [0.29, 0.717) is 18.5 Å². The highest BCUT2D eigenvalue weighted by Gasteiger charge is 2.45. The van der Waals surface area contributed by atoms with E-state index in [9.17, 15) is 29.9 Å². The number of benzene rings is 2. The molecule has 0 radical (unpaired) electrons. The van der Waals surface area contributed by atoms with E-state index in [0.717, 1.165) is 0 Å². The highest BCUT2D eigenvalue weighted by Crippen LogP contribution is 2.40. The van der Waals surface area contributed by atoms with Gasteiger partial charge in [0.25, 0.3) is 17.4 Å². The van der Waals surface area contributed by atoms with Gasteiger partial charge in [-0.25, -0.2) is 0 Å². The molecule has 28 heavy (non-hydrogen) atoms. The summed E-state index contributed by atoms with van der Waals surface area (Å²) < 4.78 is 0. The standard InChI is InChI=1S/C20H18N2O6/c1-2-10-21-17(13-4-3-5-15(23)11-13)16(19(25)20(21)26)18(24)12-6-8-14(9-7-12)22(27)28/h3-9,11,17,23-24H,2,10H2,1H3/b18-16-. The third kappa shape index (κ3) is 3.32. The molecule has 2 aromatic rings.